The van der Waals surface area contributed by atoms with Gasteiger partial charge in [0, 0.05) is 6.04 Å². The number of rotatable bonds is 6. The van der Waals surface area contributed by atoms with Crippen molar-refractivity contribution >= 4 is 12.0 Å². The average molecular weight is 272 g/mol. The molecule has 110 valence electrons. The van der Waals surface area contributed by atoms with E-state index in [2.05, 4.69) is 24.5 Å². The van der Waals surface area contributed by atoms with Crippen LogP contribution in [-0.4, -0.2) is 42.4 Å². The monoisotopic (exact) mass is 272 g/mol. The number of carboxylic acids is 1. The Labute approximate surface area is 113 Å². The Bertz CT molecular complexity index is 320. The standard InChI is InChI=1S/C13H24N2O4/c1-8(2)4-5-9(3)14-13(18)15-11-7-19-6-10(11)12(16)17/h8-11H,4-7H2,1-3H3,(H,16,17)(H2,14,15,18). The molecule has 1 saturated heterocycles. The van der Waals surface area contributed by atoms with Crippen LogP contribution in [0.2, 0.25) is 0 Å². The van der Waals surface area contributed by atoms with Crippen molar-refractivity contribution in [1.29, 1.82) is 0 Å². The van der Waals surface area contributed by atoms with E-state index in [0.29, 0.717) is 5.92 Å². The minimum Gasteiger partial charge on any atom is -0.481 e. The van der Waals surface area contributed by atoms with Crippen LogP contribution in [-0.2, 0) is 9.53 Å². The number of carbonyl (C=O) groups is 2. The number of amides is 2. The molecule has 0 aromatic carbocycles. The normalized spacial score (nSPS) is 24.2. The van der Waals surface area contributed by atoms with Gasteiger partial charge in [0.15, 0.2) is 0 Å². The van der Waals surface area contributed by atoms with Crippen molar-refractivity contribution < 1.29 is 19.4 Å². The summed E-state index contributed by atoms with van der Waals surface area (Å²) in [5, 5.41) is 14.5. The second-order valence-electron chi connectivity index (χ2n) is 5.58. The van der Waals surface area contributed by atoms with Crippen molar-refractivity contribution in [3.63, 3.8) is 0 Å². The second kappa shape index (κ2) is 7.33. The van der Waals surface area contributed by atoms with E-state index in [1.165, 1.54) is 0 Å². The van der Waals surface area contributed by atoms with Gasteiger partial charge < -0.3 is 20.5 Å². The molecule has 1 aliphatic heterocycles. The Kier molecular flexibility index (Phi) is 6.08. The third-order valence-corrected chi connectivity index (χ3v) is 3.27. The van der Waals surface area contributed by atoms with Gasteiger partial charge in [0.25, 0.3) is 0 Å². The summed E-state index contributed by atoms with van der Waals surface area (Å²) < 4.78 is 5.09. The highest BCUT2D eigenvalue weighted by molar-refractivity contribution is 5.77. The van der Waals surface area contributed by atoms with Gasteiger partial charge in [0.05, 0.1) is 19.3 Å². The van der Waals surface area contributed by atoms with Crippen molar-refractivity contribution in [3.05, 3.63) is 0 Å². The molecule has 0 radical (unpaired) electrons. The summed E-state index contributed by atoms with van der Waals surface area (Å²) in [6.45, 7) is 6.63. The lowest BCUT2D eigenvalue weighted by Crippen LogP contribution is -2.49. The predicted molar refractivity (Wildman–Crippen MR) is 70.9 cm³/mol. The number of ether oxygens (including phenoxy) is 1. The number of carbonyl (C=O) groups excluding carboxylic acids is 1. The molecule has 6 nitrogen and oxygen atoms in total. The lowest BCUT2D eigenvalue weighted by molar-refractivity contribution is -0.142. The van der Waals surface area contributed by atoms with E-state index in [4.69, 9.17) is 9.84 Å². The maximum Gasteiger partial charge on any atom is 0.315 e. The first-order valence-corrected chi connectivity index (χ1v) is 6.77. The zero-order chi connectivity index (χ0) is 14.4. The average Bonchev–Trinajstić information content (AvgIpc) is 2.74. The molecule has 0 bridgehead atoms. The fourth-order valence-electron chi connectivity index (χ4n) is 2.03. The molecular weight excluding hydrogens is 248 g/mol. The molecule has 2 amide bonds. The van der Waals surface area contributed by atoms with Crippen molar-refractivity contribution in [2.24, 2.45) is 11.8 Å². The minimum atomic E-state index is -0.935. The topological polar surface area (TPSA) is 87.7 Å². The molecule has 19 heavy (non-hydrogen) atoms. The first-order valence-electron chi connectivity index (χ1n) is 6.77. The number of urea groups is 1. The van der Waals surface area contributed by atoms with Gasteiger partial charge in [-0.25, -0.2) is 4.79 Å². The van der Waals surface area contributed by atoms with Crippen molar-refractivity contribution in [2.75, 3.05) is 13.2 Å². The first-order chi connectivity index (χ1) is 8.90. The summed E-state index contributed by atoms with van der Waals surface area (Å²) in [4.78, 5) is 22.7. The van der Waals surface area contributed by atoms with Crippen molar-refractivity contribution in [3.8, 4) is 0 Å². The van der Waals surface area contributed by atoms with E-state index < -0.39 is 17.9 Å². The quantitative estimate of drug-likeness (QED) is 0.678. The molecular formula is C13H24N2O4. The van der Waals surface area contributed by atoms with Crippen LogP contribution in [0.25, 0.3) is 0 Å². The van der Waals surface area contributed by atoms with Gasteiger partial charge >= 0.3 is 12.0 Å². The number of hydrogen-bond donors (Lipinski definition) is 3. The molecule has 6 heteroatoms. The van der Waals surface area contributed by atoms with Crippen LogP contribution in [0.3, 0.4) is 0 Å². The highest BCUT2D eigenvalue weighted by Gasteiger charge is 2.35. The minimum absolute atomic E-state index is 0.0769. The largest absolute Gasteiger partial charge is 0.481 e. The molecule has 1 rings (SSSR count). The Morgan fingerprint density at radius 1 is 1.26 bits per heavy atom. The van der Waals surface area contributed by atoms with E-state index in [1.807, 2.05) is 6.92 Å². The first kappa shape index (κ1) is 15.8. The maximum absolute atomic E-state index is 11.8. The summed E-state index contributed by atoms with van der Waals surface area (Å²) in [7, 11) is 0. The van der Waals surface area contributed by atoms with Crippen molar-refractivity contribution in [2.45, 2.75) is 45.7 Å². The SMILES string of the molecule is CC(C)CCC(C)NC(=O)NC1COCC1C(=O)O. The van der Waals surface area contributed by atoms with Gasteiger partial charge in [-0.1, -0.05) is 13.8 Å². The fourth-order valence-corrected chi connectivity index (χ4v) is 2.03. The van der Waals surface area contributed by atoms with Crippen molar-refractivity contribution in [1.82, 2.24) is 10.6 Å². The lowest BCUT2D eigenvalue weighted by Gasteiger charge is -2.19. The second-order valence-corrected chi connectivity index (χ2v) is 5.58. The van der Waals surface area contributed by atoms with Gasteiger partial charge in [-0.05, 0) is 25.7 Å². The molecule has 0 aromatic rings. The van der Waals surface area contributed by atoms with Crippen LogP contribution < -0.4 is 10.6 Å². The summed E-state index contributed by atoms with van der Waals surface area (Å²) in [6.07, 6.45) is 1.96. The van der Waals surface area contributed by atoms with E-state index in [-0.39, 0.29) is 25.3 Å². The van der Waals surface area contributed by atoms with Crippen LogP contribution >= 0.6 is 0 Å². The molecule has 3 unspecified atom stereocenters. The van der Waals surface area contributed by atoms with E-state index in [1.54, 1.807) is 0 Å². The molecule has 0 aliphatic carbocycles. The molecule has 0 saturated carbocycles. The summed E-state index contributed by atoms with van der Waals surface area (Å²) in [5.41, 5.74) is 0. The Morgan fingerprint density at radius 3 is 2.53 bits per heavy atom. The van der Waals surface area contributed by atoms with Crippen LogP contribution in [0.4, 0.5) is 4.79 Å². The summed E-state index contributed by atoms with van der Waals surface area (Å²) in [6, 6.07) is -0.694. The molecule has 0 aromatic heterocycles. The zero-order valence-corrected chi connectivity index (χ0v) is 11.8. The fraction of sp³-hybridized carbons (Fsp3) is 0.846. The summed E-state index contributed by atoms with van der Waals surface area (Å²) in [5.74, 6) is -0.987. The third kappa shape index (κ3) is 5.46. The number of nitrogens with one attached hydrogen (secondary N) is 2. The highest BCUT2D eigenvalue weighted by atomic mass is 16.5. The highest BCUT2D eigenvalue weighted by Crippen LogP contribution is 2.13. The van der Waals surface area contributed by atoms with Crippen LogP contribution in [0, 0.1) is 11.8 Å². The Balaban J connectivity index is 2.32. The molecule has 3 N–H and O–H groups in total. The predicted octanol–water partition coefficient (Wildman–Crippen LogP) is 1.21. The molecule has 0 spiro atoms. The van der Waals surface area contributed by atoms with Gasteiger partial charge in [-0.2, -0.15) is 0 Å². The van der Waals surface area contributed by atoms with Crippen LogP contribution in [0.5, 0.6) is 0 Å². The van der Waals surface area contributed by atoms with Crippen LogP contribution in [0.1, 0.15) is 33.6 Å². The number of aliphatic carboxylic acids is 1. The number of hydrogen-bond acceptors (Lipinski definition) is 3. The van der Waals surface area contributed by atoms with Gasteiger partial charge in [0.2, 0.25) is 0 Å². The molecule has 3 atom stereocenters. The Hall–Kier alpha value is -1.30. The van der Waals surface area contributed by atoms with E-state index in [9.17, 15) is 9.59 Å². The maximum atomic E-state index is 11.8. The van der Waals surface area contributed by atoms with E-state index >= 15 is 0 Å². The molecule has 1 fully saturated rings. The van der Waals surface area contributed by atoms with Gasteiger partial charge in [-0.15, -0.1) is 0 Å². The van der Waals surface area contributed by atoms with E-state index in [0.717, 1.165) is 12.8 Å². The van der Waals surface area contributed by atoms with Gasteiger partial charge in [-0.3, -0.25) is 4.79 Å². The Morgan fingerprint density at radius 2 is 1.95 bits per heavy atom. The zero-order valence-electron chi connectivity index (χ0n) is 11.8. The van der Waals surface area contributed by atoms with Gasteiger partial charge in [0.1, 0.15) is 5.92 Å². The molecule has 1 heterocycles. The van der Waals surface area contributed by atoms with Crippen LogP contribution in [0.15, 0.2) is 0 Å². The third-order valence-electron chi connectivity index (χ3n) is 3.27. The summed E-state index contributed by atoms with van der Waals surface area (Å²) >= 11 is 0. The smallest absolute Gasteiger partial charge is 0.315 e. The lowest BCUT2D eigenvalue weighted by atomic mass is 10.0. The molecule has 1 aliphatic rings. The number of carboxylic acid groups (broad SMARTS) is 1.